The van der Waals surface area contributed by atoms with Crippen molar-refractivity contribution < 1.29 is 22.7 Å². The van der Waals surface area contributed by atoms with E-state index in [1.807, 2.05) is 0 Å². The Morgan fingerprint density at radius 3 is 2.55 bits per heavy atom. The van der Waals surface area contributed by atoms with E-state index >= 15 is 0 Å². The predicted octanol–water partition coefficient (Wildman–Crippen LogP) is 5.62. The number of carbonyl (C=O) groups is 1. The molecule has 0 fully saturated rings. The molecule has 1 amide bonds. The van der Waals surface area contributed by atoms with Crippen molar-refractivity contribution in [3.63, 3.8) is 0 Å². The number of ether oxygens (including phenoxy) is 1. The third kappa shape index (κ3) is 4.46. The van der Waals surface area contributed by atoms with Gasteiger partial charge in [-0.05, 0) is 50.8 Å². The van der Waals surface area contributed by atoms with Gasteiger partial charge in [-0.3, -0.25) is 4.90 Å². The van der Waals surface area contributed by atoms with Crippen molar-refractivity contribution in [3.05, 3.63) is 47.8 Å². The van der Waals surface area contributed by atoms with Crippen LogP contribution in [-0.2, 0) is 4.74 Å². The summed E-state index contributed by atoms with van der Waals surface area (Å²) in [6.45, 7) is 6.93. The van der Waals surface area contributed by atoms with Gasteiger partial charge >= 0.3 is 12.3 Å². The Hall–Kier alpha value is -2.77. The minimum atomic E-state index is -4.33. The molecule has 2 aromatic heterocycles. The molecule has 0 bridgehead atoms. The lowest BCUT2D eigenvalue weighted by Crippen LogP contribution is -2.34. The second kappa shape index (κ2) is 7.24. The molecular weight excluding hydrogens is 383 g/mol. The number of pyridine rings is 1. The number of fused-ring (bicyclic) bond motifs is 1. The second-order valence-corrected chi connectivity index (χ2v) is 8.23. The van der Waals surface area contributed by atoms with Gasteiger partial charge in [0.15, 0.2) is 0 Å². The SMILES string of the molecule is CC1CC(c2cnn3ccc(N(C)C(=O)OC(C)(C)C)cc23)=CC=C1C(F)(F)F. The fraction of sp³-hybridized carbons (Fsp3) is 0.429. The number of amides is 1. The van der Waals surface area contributed by atoms with Crippen molar-refractivity contribution >= 4 is 22.9 Å². The van der Waals surface area contributed by atoms with Crippen LogP contribution in [0.1, 0.15) is 39.7 Å². The molecule has 2 aromatic rings. The zero-order chi connectivity index (χ0) is 21.6. The molecule has 0 aromatic carbocycles. The van der Waals surface area contributed by atoms with E-state index in [-0.39, 0.29) is 6.42 Å². The monoisotopic (exact) mass is 407 g/mol. The molecule has 1 aliphatic rings. The standard InChI is InChI=1S/C21H24F3N3O2/c1-13-10-14(6-7-17(13)21(22,23)24)16-12-25-27-9-8-15(11-18(16)27)26(5)19(28)29-20(2,3)4/h6-9,11-13H,10H2,1-5H3. The number of nitrogens with zero attached hydrogens (tertiary/aromatic N) is 3. The number of carbonyl (C=O) groups excluding carboxylic acids is 1. The van der Waals surface area contributed by atoms with Crippen LogP contribution in [0.5, 0.6) is 0 Å². The minimum absolute atomic E-state index is 0.263. The zero-order valence-electron chi connectivity index (χ0n) is 17.0. The topological polar surface area (TPSA) is 46.8 Å². The van der Waals surface area contributed by atoms with Crippen molar-refractivity contribution in [3.8, 4) is 0 Å². The first-order chi connectivity index (χ1) is 13.4. The van der Waals surface area contributed by atoms with E-state index in [1.165, 1.54) is 11.0 Å². The van der Waals surface area contributed by atoms with Crippen molar-refractivity contribution in [1.29, 1.82) is 0 Å². The van der Waals surface area contributed by atoms with E-state index in [1.54, 1.807) is 63.8 Å². The van der Waals surface area contributed by atoms with Gasteiger partial charge < -0.3 is 4.74 Å². The van der Waals surface area contributed by atoms with Gasteiger partial charge in [0, 0.05) is 24.4 Å². The van der Waals surface area contributed by atoms with Crippen LogP contribution in [0.3, 0.4) is 0 Å². The summed E-state index contributed by atoms with van der Waals surface area (Å²) in [4.78, 5) is 13.7. The lowest BCUT2D eigenvalue weighted by atomic mass is 9.85. The number of hydrogen-bond donors (Lipinski definition) is 0. The Kier molecular flexibility index (Phi) is 5.23. The third-order valence-electron chi connectivity index (χ3n) is 4.75. The van der Waals surface area contributed by atoms with E-state index < -0.39 is 29.4 Å². The lowest BCUT2D eigenvalue weighted by molar-refractivity contribution is -0.0983. The Bertz CT molecular complexity index is 997. The lowest BCUT2D eigenvalue weighted by Gasteiger charge is -2.25. The average Bonchev–Trinajstić information content (AvgIpc) is 3.01. The molecule has 1 aliphatic carbocycles. The molecule has 0 spiro atoms. The van der Waals surface area contributed by atoms with Crippen molar-refractivity contribution in [1.82, 2.24) is 9.61 Å². The predicted molar refractivity (Wildman–Crippen MR) is 106 cm³/mol. The molecule has 2 heterocycles. The molecule has 0 aliphatic heterocycles. The van der Waals surface area contributed by atoms with Gasteiger partial charge in [-0.2, -0.15) is 18.3 Å². The highest BCUT2D eigenvalue weighted by Gasteiger charge is 2.38. The van der Waals surface area contributed by atoms with E-state index in [4.69, 9.17) is 4.74 Å². The summed E-state index contributed by atoms with van der Waals surface area (Å²) < 4.78 is 46.3. The molecule has 0 N–H and O–H groups in total. The third-order valence-corrected chi connectivity index (χ3v) is 4.75. The van der Waals surface area contributed by atoms with Crippen molar-refractivity contribution in [2.45, 2.75) is 45.9 Å². The van der Waals surface area contributed by atoms with Crippen LogP contribution in [0.4, 0.5) is 23.7 Å². The number of aromatic nitrogens is 2. The first kappa shape index (κ1) is 21.0. The Morgan fingerprint density at radius 2 is 1.97 bits per heavy atom. The summed E-state index contributed by atoms with van der Waals surface area (Å²) in [6, 6.07) is 3.51. The van der Waals surface area contributed by atoms with Gasteiger partial charge in [-0.15, -0.1) is 0 Å². The molecule has 5 nitrogen and oxygen atoms in total. The highest BCUT2D eigenvalue weighted by atomic mass is 19.4. The Balaban J connectivity index is 1.96. The zero-order valence-corrected chi connectivity index (χ0v) is 17.0. The van der Waals surface area contributed by atoms with E-state index in [9.17, 15) is 18.0 Å². The van der Waals surface area contributed by atoms with Crippen LogP contribution in [-0.4, -0.2) is 34.5 Å². The Morgan fingerprint density at radius 1 is 1.28 bits per heavy atom. The summed E-state index contributed by atoms with van der Waals surface area (Å²) in [5.41, 5.74) is 1.68. The molecule has 1 atom stereocenters. The number of allylic oxidation sites excluding steroid dienone is 4. The maximum atomic E-state index is 13.1. The summed E-state index contributed by atoms with van der Waals surface area (Å²) >= 11 is 0. The molecular formula is C21H24F3N3O2. The number of halogens is 3. The number of hydrogen-bond acceptors (Lipinski definition) is 3. The number of rotatable bonds is 2. The normalized spacial score (nSPS) is 17.7. The van der Waals surface area contributed by atoms with E-state index in [2.05, 4.69) is 5.10 Å². The van der Waals surface area contributed by atoms with Crippen LogP contribution in [0, 0.1) is 5.92 Å². The van der Waals surface area contributed by atoms with Gasteiger partial charge in [0.25, 0.3) is 0 Å². The fourth-order valence-corrected chi connectivity index (χ4v) is 3.30. The fourth-order valence-electron chi connectivity index (χ4n) is 3.30. The Labute approximate surface area is 167 Å². The molecule has 0 saturated heterocycles. The van der Waals surface area contributed by atoms with Crippen molar-refractivity contribution in [2.24, 2.45) is 5.92 Å². The highest BCUT2D eigenvalue weighted by Crippen LogP contribution is 2.40. The molecule has 3 rings (SSSR count). The second-order valence-electron chi connectivity index (χ2n) is 8.23. The largest absolute Gasteiger partial charge is 0.443 e. The van der Waals surface area contributed by atoms with E-state index in [0.29, 0.717) is 11.2 Å². The van der Waals surface area contributed by atoms with Gasteiger partial charge in [-0.25, -0.2) is 9.31 Å². The van der Waals surface area contributed by atoms with Crippen LogP contribution < -0.4 is 4.90 Å². The molecule has 0 radical (unpaired) electrons. The van der Waals surface area contributed by atoms with Crippen LogP contribution in [0.2, 0.25) is 0 Å². The van der Waals surface area contributed by atoms with Crippen LogP contribution >= 0.6 is 0 Å². The van der Waals surface area contributed by atoms with Crippen LogP contribution in [0.25, 0.3) is 11.1 Å². The highest BCUT2D eigenvalue weighted by molar-refractivity contribution is 5.89. The molecule has 8 heteroatoms. The molecule has 29 heavy (non-hydrogen) atoms. The quantitative estimate of drug-likeness (QED) is 0.649. The summed E-state index contributed by atoms with van der Waals surface area (Å²) in [7, 11) is 1.61. The van der Waals surface area contributed by atoms with Crippen LogP contribution in [0.15, 0.2) is 42.3 Å². The first-order valence-corrected chi connectivity index (χ1v) is 9.29. The van der Waals surface area contributed by atoms with Gasteiger partial charge in [-0.1, -0.05) is 19.1 Å². The molecule has 156 valence electrons. The number of anilines is 1. The minimum Gasteiger partial charge on any atom is -0.443 e. The van der Waals surface area contributed by atoms with Crippen molar-refractivity contribution in [2.75, 3.05) is 11.9 Å². The van der Waals surface area contributed by atoms with E-state index in [0.717, 1.165) is 17.2 Å². The first-order valence-electron chi connectivity index (χ1n) is 9.29. The maximum absolute atomic E-state index is 13.1. The number of alkyl halides is 3. The summed E-state index contributed by atoms with van der Waals surface area (Å²) in [5, 5.41) is 4.29. The maximum Gasteiger partial charge on any atom is 0.414 e. The molecule has 0 saturated carbocycles. The van der Waals surface area contributed by atoms with Gasteiger partial charge in [0.1, 0.15) is 5.60 Å². The van der Waals surface area contributed by atoms with Gasteiger partial charge in [0.05, 0.1) is 17.4 Å². The van der Waals surface area contributed by atoms with Gasteiger partial charge in [0.2, 0.25) is 0 Å². The molecule has 1 unspecified atom stereocenters. The summed E-state index contributed by atoms with van der Waals surface area (Å²) in [5.74, 6) is -0.641. The average molecular weight is 407 g/mol. The summed E-state index contributed by atoms with van der Waals surface area (Å²) in [6.07, 6.45) is 1.43. The smallest absolute Gasteiger partial charge is 0.414 e.